The molecule has 0 radical (unpaired) electrons. The van der Waals surface area contributed by atoms with Gasteiger partial charge in [0.15, 0.2) is 11.5 Å². The molecule has 0 saturated heterocycles. The lowest BCUT2D eigenvalue weighted by atomic mass is 9.95. The Hall–Kier alpha value is -3.48. The quantitative estimate of drug-likeness (QED) is 0.466. The van der Waals surface area contributed by atoms with Crippen molar-refractivity contribution >= 4 is 5.91 Å². The lowest BCUT2D eigenvalue weighted by molar-refractivity contribution is 0.0740. The number of hydrogen-bond acceptors (Lipinski definition) is 5. The van der Waals surface area contributed by atoms with E-state index in [1.807, 2.05) is 42.2 Å². The van der Waals surface area contributed by atoms with Crippen molar-refractivity contribution in [3.8, 4) is 28.5 Å². The molecule has 0 saturated carbocycles. The van der Waals surface area contributed by atoms with Gasteiger partial charge in [-0.3, -0.25) is 9.89 Å². The van der Waals surface area contributed by atoms with Gasteiger partial charge in [-0.2, -0.15) is 5.10 Å². The molecular formula is C25H29N3O4. The Morgan fingerprint density at radius 1 is 1.12 bits per heavy atom. The van der Waals surface area contributed by atoms with Crippen LogP contribution >= 0.6 is 0 Å². The normalized spacial score (nSPS) is 15.2. The number of ether oxygens (including phenoxy) is 2. The third kappa shape index (κ3) is 3.79. The van der Waals surface area contributed by atoms with Gasteiger partial charge in [-0.05, 0) is 43.2 Å². The van der Waals surface area contributed by atoms with E-state index in [0.29, 0.717) is 41.6 Å². The van der Waals surface area contributed by atoms with Crippen LogP contribution in [-0.2, 0) is 0 Å². The summed E-state index contributed by atoms with van der Waals surface area (Å²) < 4.78 is 11.2. The van der Waals surface area contributed by atoms with Gasteiger partial charge < -0.3 is 19.5 Å². The second kappa shape index (κ2) is 9.34. The SMILES string of the molecule is CCCCCN1C(=O)c2[nH]nc(-c3ccccc3O)c2C1c1ccc(OCC)c(OC)c1. The van der Waals surface area contributed by atoms with Gasteiger partial charge in [-0.1, -0.05) is 38.0 Å². The molecule has 0 fully saturated rings. The number of nitrogens with zero attached hydrogens (tertiary/aromatic N) is 2. The molecule has 2 N–H and O–H groups in total. The molecule has 2 aromatic carbocycles. The van der Waals surface area contributed by atoms with E-state index in [-0.39, 0.29) is 17.7 Å². The van der Waals surface area contributed by atoms with Crippen LogP contribution in [0.25, 0.3) is 11.3 Å². The van der Waals surface area contributed by atoms with Crippen LogP contribution in [0.1, 0.15) is 60.8 Å². The first-order valence-corrected chi connectivity index (χ1v) is 11.1. The van der Waals surface area contributed by atoms with Gasteiger partial charge in [0.05, 0.1) is 19.8 Å². The summed E-state index contributed by atoms with van der Waals surface area (Å²) in [5.74, 6) is 1.32. The number of aromatic nitrogens is 2. The highest BCUT2D eigenvalue weighted by Gasteiger charge is 2.42. The summed E-state index contributed by atoms with van der Waals surface area (Å²) >= 11 is 0. The number of amides is 1. The summed E-state index contributed by atoms with van der Waals surface area (Å²) in [6.45, 7) is 5.23. The van der Waals surface area contributed by atoms with E-state index < -0.39 is 0 Å². The number of hydrogen-bond donors (Lipinski definition) is 2. The molecule has 1 unspecified atom stereocenters. The fraction of sp³-hybridized carbons (Fsp3) is 0.360. The van der Waals surface area contributed by atoms with Crippen LogP contribution in [-0.4, -0.2) is 46.4 Å². The summed E-state index contributed by atoms with van der Waals surface area (Å²) in [7, 11) is 1.61. The zero-order chi connectivity index (χ0) is 22.7. The summed E-state index contributed by atoms with van der Waals surface area (Å²) in [6.07, 6.45) is 3.03. The van der Waals surface area contributed by atoms with Crippen molar-refractivity contribution in [3.05, 3.63) is 59.3 Å². The molecular weight excluding hydrogens is 406 g/mol. The minimum absolute atomic E-state index is 0.0804. The Bertz CT molecular complexity index is 1110. The average molecular weight is 436 g/mol. The molecule has 1 aromatic heterocycles. The number of carbonyl (C=O) groups excluding carboxylic acids is 1. The predicted octanol–water partition coefficient (Wildman–Crippen LogP) is 4.93. The molecule has 3 aromatic rings. The van der Waals surface area contributed by atoms with Gasteiger partial charge >= 0.3 is 0 Å². The summed E-state index contributed by atoms with van der Waals surface area (Å²) in [6, 6.07) is 12.5. The van der Waals surface area contributed by atoms with E-state index in [1.165, 1.54) is 0 Å². The average Bonchev–Trinajstić information content (AvgIpc) is 3.34. The van der Waals surface area contributed by atoms with Gasteiger partial charge in [-0.15, -0.1) is 0 Å². The van der Waals surface area contributed by atoms with Crippen LogP contribution in [0.4, 0.5) is 0 Å². The number of H-pyrrole nitrogens is 1. The zero-order valence-electron chi connectivity index (χ0n) is 18.7. The first-order chi connectivity index (χ1) is 15.6. The van der Waals surface area contributed by atoms with Crippen molar-refractivity contribution in [2.45, 2.75) is 39.2 Å². The van der Waals surface area contributed by atoms with Crippen molar-refractivity contribution in [3.63, 3.8) is 0 Å². The van der Waals surface area contributed by atoms with E-state index in [1.54, 1.807) is 19.2 Å². The van der Waals surface area contributed by atoms with E-state index in [4.69, 9.17) is 9.47 Å². The Morgan fingerprint density at radius 3 is 2.66 bits per heavy atom. The van der Waals surface area contributed by atoms with Gasteiger partial charge in [0.25, 0.3) is 5.91 Å². The standard InChI is InChI=1S/C25H29N3O4/c1-4-6-9-14-28-24(16-12-13-19(32-5-2)20(15-16)31-3)21-22(26-27-23(21)25(28)30)17-10-7-8-11-18(17)29/h7-8,10-13,15,24,29H,4-6,9,14H2,1-3H3,(H,26,27). The number of aromatic hydroxyl groups is 1. The van der Waals surface area contributed by atoms with Crippen molar-refractivity contribution in [2.24, 2.45) is 0 Å². The van der Waals surface area contributed by atoms with Crippen LogP contribution in [0.5, 0.6) is 17.2 Å². The molecule has 1 amide bonds. The van der Waals surface area contributed by atoms with Crippen LogP contribution in [0.3, 0.4) is 0 Å². The van der Waals surface area contributed by atoms with E-state index in [9.17, 15) is 9.90 Å². The molecule has 0 bridgehead atoms. The summed E-state index contributed by atoms with van der Waals surface area (Å²) in [4.78, 5) is 15.3. The minimum atomic E-state index is -0.340. The lowest BCUT2D eigenvalue weighted by Crippen LogP contribution is -2.30. The maximum Gasteiger partial charge on any atom is 0.273 e. The van der Waals surface area contributed by atoms with Crippen molar-refractivity contribution in [2.75, 3.05) is 20.3 Å². The van der Waals surface area contributed by atoms with Crippen molar-refractivity contribution in [1.82, 2.24) is 15.1 Å². The lowest BCUT2D eigenvalue weighted by Gasteiger charge is -2.27. The molecule has 0 aliphatic carbocycles. The zero-order valence-corrected chi connectivity index (χ0v) is 18.7. The van der Waals surface area contributed by atoms with E-state index in [2.05, 4.69) is 17.1 Å². The Kier molecular flexibility index (Phi) is 6.35. The van der Waals surface area contributed by atoms with Crippen LogP contribution < -0.4 is 9.47 Å². The number of benzene rings is 2. The topological polar surface area (TPSA) is 87.7 Å². The number of phenolic OH excluding ortho intramolecular Hbond substituents is 1. The summed E-state index contributed by atoms with van der Waals surface area (Å²) in [5, 5.41) is 17.8. The molecule has 1 aliphatic heterocycles. The van der Waals surface area contributed by atoms with Gasteiger partial charge in [-0.25, -0.2) is 0 Å². The van der Waals surface area contributed by atoms with Gasteiger partial charge in [0.1, 0.15) is 17.1 Å². The number of nitrogens with one attached hydrogen (secondary N) is 1. The summed E-state index contributed by atoms with van der Waals surface area (Å²) in [5.41, 5.74) is 3.34. The highest BCUT2D eigenvalue weighted by Crippen LogP contribution is 2.45. The molecule has 4 rings (SSSR count). The number of unbranched alkanes of at least 4 members (excludes halogenated alkanes) is 2. The maximum absolute atomic E-state index is 13.4. The van der Waals surface area contributed by atoms with Crippen molar-refractivity contribution < 1.29 is 19.4 Å². The number of fused-ring (bicyclic) bond motifs is 1. The second-order valence-electron chi connectivity index (χ2n) is 7.83. The molecule has 1 atom stereocenters. The smallest absolute Gasteiger partial charge is 0.273 e. The first kappa shape index (κ1) is 21.7. The molecule has 1 aliphatic rings. The molecule has 0 spiro atoms. The fourth-order valence-electron chi connectivity index (χ4n) is 4.31. The number of methoxy groups -OCH3 is 1. The predicted molar refractivity (Wildman–Crippen MR) is 122 cm³/mol. The minimum Gasteiger partial charge on any atom is -0.507 e. The van der Waals surface area contributed by atoms with Crippen LogP contribution in [0, 0.1) is 0 Å². The highest BCUT2D eigenvalue weighted by atomic mass is 16.5. The molecule has 7 heteroatoms. The number of aromatic amines is 1. The number of rotatable bonds is 9. The number of para-hydroxylation sites is 1. The Balaban J connectivity index is 1.84. The molecule has 2 heterocycles. The third-order valence-corrected chi connectivity index (χ3v) is 5.83. The maximum atomic E-state index is 13.4. The van der Waals surface area contributed by atoms with Crippen molar-refractivity contribution in [1.29, 1.82) is 0 Å². The third-order valence-electron chi connectivity index (χ3n) is 5.83. The number of carbonyl (C=O) groups is 1. The Labute approximate surface area is 188 Å². The first-order valence-electron chi connectivity index (χ1n) is 11.1. The highest BCUT2D eigenvalue weighted by molar-refractivity contribution is 6.00. The number of phenols is 1. The van der Waals surface area contributed by atoms with Gasteiger partial charge in [0, 0.05) is 17.7 Å². The van der Waals surface area contributed by atoms with Crippen LogP contribution in [0.15, 0.2) is 42.5 Å². The fourth-order valence-corrected chi connectivity index (χ4v) is 4.31. The van der Waals surface area contributed by atoms with E-state index >= 15 is 0 Å². The molecule has 7 nitrogen and oxygen atoms in total. The second-order valence-corrected chi connectivity index (χ2v) is 7.83. The molecule has 168 valence electrons. The largest absolute Gasteiger partial charge is 0.507 e. The van der Waals surface area contributed by atoms with E-state index in [0.717, 1.165) is 30.4 Å². The van der Waals surface area contributed by atoms with Gasteiger partial charge in [0.2, 0.25) is 0 Å². The van der Waals surface area contributed by atoms with Crippen LogP contribution in [0.2, 0.25) is 0 Å². The molecule has 32 heavy (non-hydrogen) atoms. The Morgan fingerprint density at radius 2 is 1.94 bits per heavy atom. The monoisotopic (exact) mass is 435 g/mol.